The maximum Gasteiger partial charge on any atom is 0.157 e. The van der Waals surface area contributed by atoms with Gasteiger partial charge in [0, 0.05) is 26.1 Å². The van der Waals surface area contributed by atoms with Crippen LogP contribution in [0, 0.1) is 23.7 Å². The van der Waals surface area contributed by atoms with E-state index in [4.69, 9.17) is 9.47 Å². The Morgan fingerprint density at radius 1 is 0.952 bits per heavy atom. The Morgan fingerprint density at radius 2 is 1.71 bits per heavy atom. The van der Waals surface area contributed by atoms with Gasteiger partial charge in [-0.05, 0) is 43.9 Å². The molecule has 2 nitrogen and oxygen atoms in total. The van der Waals surface area contributed by atoms with Crippen LogP contribution in [0.3, 0.4) is 0 Å². The third kappa shape index (κ3) is 11.4. The molecule has 0 N–H and O–H groups in total. The molecule has 0 amide bonds. The molecule has 1 rings (SSSR count). The van der Waals surface area contributed by atoms with Crippen LogP contribution >= 0.6 is 0 Å². The minimum atomic E-state index is 0.0770. The van der Waals surface area contributed by atoms with Crippen LogP contribution in [0.15, 0.2) is 0 Å². The first-order chi connectivity index (χ1) is 10.4. The first-order valence-corrected chi connectivity index (χ1v) is 8.62. The van der Waals surface area contributed by atoms with Gasteiger partial charge in [0.1, 0.15) is 0 Å². The fourth-order valence-corrected chi connectivity index (χ4v) is 2.32. The fraction of sp³-hybridized carbons (Fsp3) is 0.789. The predicted octanol–water partition coefficient (Wildman–Crippen LogP) is 4.68. The normalized spacial score (nSPS) is 17.5. The summed E-state index contributed by atoms with van der Waals surface area (Å²) in [5.41, 5.74) is 0. The van der Waals surface area contributed by atoms with Gasteiger partial charge in [0.05, 0.1) is 0 Å². The molecule has 0 radical (unpaired) electrons. The summed E-state index contributed by atoms with van der Waals surface area (Å²) in [5, 5.41) is 0. The van der Waals surface area contributed by atoms with Crippen molar-refractivity contribution >= 4 is 0 Å². The lowest BCUT2D eigenvalue weighted by atomic mass is 10.1. The number of hydrogen-bond acceptors (Lipinski definition) is 2. The van der Waals surface area contributed by atoms with E-state index in [1.54, 1.807) is 0 Å². The predicted molar refractivity (Wildman–Crippen MR) is 87.7 cm³/mol. The van der Waals surface area contributed by atoms with E-state index in [0.29, 0.717) is 0 Å². The van der Waals surface area contributed by atoms with Crippen molar-refractivity contribution in [2.24, 2.45) is 0 Å². The van der Waals surface area contributed by atoms with Gasteiger partial charge in [-0.15, -0.1) is 0 Å². The largest absolute Gasteiger partial charge is 0.353 e. The van der Waals surface area contributed by atoms with Crippen molar-refractivity contribution in [1.82, 2.24) is 0 Å². The summed E-state index contributed by atoms with van der Waals surface area (Å²) >= 11 is 0. The Balaban J connectivity index is 1.78. The molecule has 1 saturated heterocycles. The van der Waals surface area contributed by atoms with Crippen molar-refractivity contribution in [1.29, 1.82) is 0 Å². The molecule has 1 heterocycles. The molecule has 2 heteroatoms. The van der Waals surface area contributed by atoms with Crippen molar-refractivity contribution in [3.63, 3.8) is 0 Å². The molecule has 0 bridgehead atoms. The van der Waals surface area contributed by atoms with Gasteiger partial charge in [-0.1, -0.05) is 44.4 Å². The highest BCUT2D eigenvalue weighted by atomic mass is 16.7. The Labute approximate surface area is 131 Å². The van der Waals surface area contributed by atoms with Gasteiger partial charge in [0.25, 0.3) is 0 Å². The van der Waals surface area contributed by atoms with Gasteiger partial charge in [0.15, 0.2) is 6.29 Å². The summed E-state index contributed by atoms with van der Waals surface area (Å²) in [5.74, 6) is 11.8. The topological polar surface area (TPSA) is 18.5 Å². The highest BCUT2D eigenvalue weighted by molar-refractivity contribution is 5.25. The monoisotopic (exact) mass is 290 g/mol. The molecule has 118 valence electrons. The highest BCUT2D eigenvalue weighted by Crippen LogP contribution is 2.14. The van der Waals surface area contributed by atoms with Crippen LogP contribution in [0.5, 0.6) is 0 Å². The minimum absolute atomic E-state index is 0.0770. The summed E-state index contributed by atoms with van der Waals surface area (Å²) < 4.78 is 11.3. The first-order valence-electron chi connectivity index (χ1n) is 8.62. The van der Waals surface area contributed by atoms with Gasteiger partial charge in [-0.25, -0.2) is 0 Å². The first kappa shape index (κ1) is 18.1. The van der Waals surface area contributed by atoms with Crippen LogP contribution in [-0.2, 0) is 9.47 Å². The third-order valence-corrected chi connectivity index (χ3v) is 3.55. The Morgan fingerprint density at radius 3 is 2.48 bits per heavy atom. The van der Waals surface area contributed by atoms with Crippen molar-refractivity contribution in [3.8, 4) is 23.7 Å². The van der Waals surface area contributed by atoms with Crippen LogP contribution in [-0.4, -0.2) is 19.5 Å². The summed E-state index contributed by atoms with van der Waals surface area (Å²) in [6.45, 7) is 3.77. The molecule has 0 saturated carbocycles. The van der Waals surface area contributed by atoms with Crippen LogP contribution < -0.4 is 0 Å². The number of ether oxygens (including phenoxy) is 2. The lowest BCUT2D eigenvalue weighted by molar-refractivity contribution is -0.162. The summed E-state index contributed by atoms with van der Waals surface area (Å²) in [6.07, 6.45) is 13.0. The van der Waals surface area contributed by atoms with E-state index in [1.807, 2.05) is 6.92 Å². The molecule has 0 aromatic heterocycles. The average Bonchev–Trinajstić information content (AvgIpc) is 2.53. The zero-order valence-electron chi connectivity index (χ0n) is 13.6. The molecule has 0 aromatic carbocycles. The van der Waals surface area contributed by atoms with Crippen LogP contribution in [0.4, 0.5) is 0 Å². The van der Waals surface area contributed by atoms with Crippen LogP contribution in [0.1, 0.15) is 77.6 Å². The highest BCUT2D eigenvalue weighted by Gasteiger charge is 2.13. The molecule has 0 aromatic rings. The molecular formula is C19H30O2. The van der Waals surface area contributed by atoms with E-state index in [2.05, 4.69) is 23.7 Å². The van der Waals surface area contributed by atoms with Crippen molar-refractivity contribution in [2.45, 2.75) is 83.8 Å². The Bertz CT molecular complexity index is 347. The lowest BCUT2D eigenvalue weighted by Crippen LogP contribution is -2.22. The number of rotatable bonds is 9. The van der Waals surface area contributed by atoms with Gasteiger partial charge < -0.3 is 9.47 Å². The van der Waals surface area contributed by atoms with Gasteiger partial charge in [-0.2, -0.15) is 0 Å². The number of hydrogen-bond donors (Lipinski definition) is 0. The van der Waals surface area contributed by atoms with E-state index < -0.39 is 0 Å². The number of unbranched alkanes of at least 4 members (excludes halogenated alkanes) is 6. The summed E-state index contributed by atoms with van der Waals surface area (Å²) in [7, 11) is 0. The molecule has 1 atom stereocenters. The SMILES string of the molecule is CCC#CC#CCCCCCCCCOC1CCCCO1. The Kier molecular flexibility index (Phi) is 12.1. The summed E-state index contributed by atoms with van der Waals surface area (Å²) in [4.78, 5) is 0. The minimum Gasteiger partial charge on any atom is -0.353 e. The van der Waals surface area contributed by atoms with Crippen molar-refractivity contribution in [3.05, 3.63) is 0 Å². The quantitative estimate of drug-likeness (QED) is 0.453. The van der Waals surface area contributed by atoms with E-state index in [9.17, 15) is 0 Å². The van der Waals surface area contributed by atoms with Crippen LogP contribution in [0.25, 0.3) is 0 Å². The van der Waals surface area contributed by atoms with Crippen molar-refractivity contribution in [2.75, 3.05) is 13.2 Å². The summed E-state index contributed by atoms with van der Waals surface area (Å²) in [6, 6.07) is 0. The molecule has 0 spiro atoms. The van der Waals surface area contributed by atoms with Crippen molar-refractivity contribution < 1.29 is 9.47 Å². The smallest absolute Gasteiger partial charge is 0.157 e. The van der Waals surface area contributed by atoms with Crippen LogP contribution in [0.2, 0.25) is 0 Å². The maximum absolute atomic E-state index is 5.72. The molecule has 1 aliphatic heterocycles. The molecule has 0 aliphatic carbocycles. The fourth-order valence-electron chi connectivity index (χ4n) is 2.32. The van der Waals surface area contributed by atoms with E-state index in [-0.39, 0.29) is 6.29 Å². The van der Waals surface area contributed by atoms with Gasteiger partial charge in [-0.3, -0.25) is 0 Å². The second-order valence-electron chi connectivity index (χ2n) is 5.50. The molecular weight excluding hydrogens is 260 g/mol. The lowest BCUT2D eigenvalue weighted by Gasteiger charge is -2.22. The molecule has 1 fully saturated rings. The molecule has 21 heavy (non-hydrogen) atoms. The van der Waals surface area contributed by atoms with E-state index in [0.717, 1.165) is 38.9 Å². The van der Waals surface area contributed by atoms with Gasteiger partial charge >= 0.3 is 0 Å². The average molecular weight is 290 g/mol. The zero-order chi connectivity index (χ0) is 15.0. The van der Waals surface area contributed by atoms with Gasteiger partial charge in [0.2, 0.25) is 0 Å². The standard InChI is InChI=1S/C19H30O2/c1-2-3-4-5-6-7-8-9-10-11-12-14-17-20-19-16-13-15-18-21-19/h19H,2,7-18H2,1H3. The van der Waals surface area contributed by atoms with E-state index in [1.165, 1.54) is 44.9 Å². The molecule has 1 unspecified atom stereocenters. The zero-order valence-corrected chi connectivity index (χ0v) is 13.6. The second-order valence-corrected chi connectivity index (χ2v) is 5.50. The maximum atomic E-state index is 5.72. The Hall–Kier alpha value is -0.960. The second kappa shape index (κ2) is 14.0. The molecule has 1 aliphatic rings. The third-order valence-electron chi connectivity index (χ3n) is 3.55. The van der Waals surface area contributed by atoms with E-state index >= 15 is 0 Å².